The average Bonchev–Trinajstić information content (AvgIpc) is 2.65. The van der Waals surface area contributed by atoms with Crippen LogP contribution in [-0.4, -0.2) is 13.4 Å². The molecular weight excluding hydrogens is 244 g/mol. The molecule has 0 atom stereocenters. The van der Waals surface area contributed by atoms with Gasteiger partial charge in [-0.25, -0.2) is 18.5 Å². The molecule has 0 fully saturated rings. The third-order valence-electron chi connectivity index (χ3n) is 2.04. The molecule has 2 N–H and O–H groups in total. The molecule has 2 aromatic rings. The van der Waals surface area contributed by atoms with Gasteiger partial charge in [-0.1, -0.05) is 23.8 Å². The molecule has 6 heteroatoms. The van der Waals surface area contributed by atoms with E-state index in [1.165, 1.54) is 16.7 Å². The van der Waals surface area contributed by atoms with Gasteiger partial charge in [-0.15, -0.1) is 11.3 Å². The summed E-state index contributed by atoms with van der Waals surface area (Å²) in [4.78, 5) is 4.00. The zero-order valence-corrected chi connectivity index (χ0v) is 10.2. The van der Waals surface area contributed by atoms with Crippen molar-refractivity contribution in [3.63, 3.8) is 0 Å². The predicted molar refractivity (Wildman–Crippen MR) is 63.7 cm³/mol. The first-order valence-corrected chi connectivity index (χ1v) is 6.95. The van der Waals surface area contributed by atoms with Gasteiger partial charge in [0, 0.05) is 10.9 Å². The van der Waals surface area contributed by atoms with Crippen LogP contribution in [0.2, 0.25) is 0 Å². The Labute approximate surface area is 97.8 Å². The van der Waals surface area contributed by atoms with Crippen LogP contribution >= 0.6 is 11.3 Å². The Hall–Kier alpha value is -1.24. The van der Waals surface area contributed by atoms with Crippen LogP contribution in [0.5, 0.6) is 0 Å². The van der Waals surface area contributed by atoms with Crippen molar-refractivity contribution < 1.29 is 8.42 Å². The molecule has 0 saturated heterocycles. The zero-order chi connectivity index (χ0) is 11.8. The van der Waals surface area contributed by atoms with Gasteiger partial charge in [0.15, 0.2) is 5.03 Å². The Morgan fingerprint density at radius 1 is 1.38 bits per heavy atom. The standard InChI is InChI=1S/C10H10N2O2S2/c1-7-3-2-4-8(5-7)10-12-9(6-15-10)16(11,13)14/h2-6H,1H3,(H2,11,13,14). The van der Waals surface area contributed by atoms with Gasteiger partial charge in [0.25, 0.3) is 10.0 Å². The molecule has 0 spiro atoms. The Morgan fingerprint density at radius 3 is 2.69 bits per heavy atom. The number of sulfonamides is 1. The van der Waals surface area contributed by atoms with Gasteiger partial charge < -0.3 is 0 Å². The Kier molecular flexibility index (Phi) is 2.79. The molecule has 0 radical (unpaired) electrons. The minimum absolute atomic E-state index is 0.0750. The number of hydrogen-bond acceptors (Lipinski definition) is 4. The Balaban J connectivity index is 2.47. The number of hydrogen-bond donors (Lipinski definition) is 1. The zero-order valence-electron chi connectivity index (χ0n) is 8.54. The highest BCUT2D eigenvalue weighted by Gasteiger charge is 2.13. The van der Waals surface area contributed by atoms with Crippen LogP contribution in [0.4, 0.5) is 0 Å². The maximum absolute atomic E-state index is 11.1. The molecule has 2 rings (SSSR count). The number of aromatic nitrogens is 1. The summed E-state index contributed by atoms with van der Waals surface area (Å²) in [7, 11) is -3.70. The smallest absolute Gasteiger partial charge is 0.223 e. The third-order valence-corrected chi connectivity index (χ3v) is 3.87. The molecule has 0 aliphatic rings. The number of primary sulfonamides is 1. The predicted octanol–water partition coefficient (Wildman–Crippen LogP) is 1.77. The number of aryl methyl sites for hydroxylation is 1. The van der Waals surface area contributed by atoms with Gasteiger partial charge in [0.1, 0.15) is 5.01 Å². The van der Waals surface area contributed by atoms with E-state index in [4.69, 9.17) is 5.14 Å². The summed E-state index contributed by atoms with van der Waals surface area (Å²) in [5, 5.41) is 7.03. The molecule has 16 heavy (non-hydrogen) atoms. The molecule has 84 valence electrons. The van der Waals surface area contributed by atoms with Crippen LogP contribution in [0.15, 0.2) is 34.7 Å². The van der Waals surface area contributed by atoms with Crippen molar-refractivity contribution in [2.75, 3.05) is 0 Å². The molecule has 0 amide bonds. The van der Waals surface area contributed by atoms with Crippen LogP contribution in [0, 0.1) is 6.92 Å². The minimum Gasteiger partial charge on any atom is -0.223 e. The average molecular weight is 254 g/mol. The largest absolute Gasteiger partial charge is 0.256 e. The summed E-state index contributed by atoms with van der Waals surface area (Å²) in [5.41, 5.74) is 2.00. The second kappa shape index (κ2) is 3.97. The van der Waals surface area contributed by atoms with E-state index in [1.54, 1.807) is 0 Å². The summed E-state index contributed by atoms with van der Waals surface area (Å²) in [6.45, 7) is 1.97. The molecule has 0 saturated carbocycles. The maximum Gasteiger partial charge on any atom is 0.256 e. The molecule has 0 unspecified atom stereocenters. The number of nitrogens with two attached hydrogens (primary N) is 1. The van der Waals surface area contributed by atoms with Crippen molar-refractivity contribution in [2.24, 2.45) is 5.14 Å². The highest BCUT2D eigenvalue weighted by molar-refractivity contribution is 7.89. The maximum atomic E-state index is 11.1. The summed E-state index contributed by atoms with van der Waals surface area (Å²) < 4.78 is 22.1. The van der Waals surface area contributed by atoms with E-state index in [1.807, 2.05) is 31.2 Å². The fourth-order valence-electron chi connectivity index (χ4n) is 1.30. The number of nitrogens with zero attached hydrogens (tertiary/aromatic N) is 1. The van der Waals surface area contributed by atoms with Gasteiger partial charge in [-0.05, 0) is 13.0 Å². The van der Waals surface area contributed by atoms with E-state index in [0.717, 1.165) is 11.1 Å². The summed E-state index contributed by atoms with van der Waals surface area (Å²) in [6, 6.07) is 7.71. The second-order valence-electron chi connectivity index (χ2n) is 3.41. The number of rotatable bonds is 2. The van der Waals surface area contributed by atoms with Crippen LogP contribution < -0.4 is 5.14 Å². The highest BCUT2D eigenvalue weighted by atomic mass is 32.2. The molecule has 0 aliphatic heterocycles. The lowest BCUT2D eigenvalue weighted by Gasteiger charge is -1.97. The van der Waals surface area contributed by atoms with E-state index in [9.17, 15) is 8.42 Å². The normalized spacial score (nSPS) is 11.6. The fourth-order valence-corrected chi connectivity index (χ4v) is 2.94. The lowest BCUT2D eigenvalue weighted by molar-refractivity contribution is 0.595. The first kappa shape index (κ1) is 11.3. The highest BCUT2D eigenvalue weighted by Crippen LogP contribution is 2.25. The first-order chi connectivity index (χ1) is 7.47. The first-order valence-electron chi connectivity index (χ1n) is 4.52. The van der Waals surface area contributed by atoms with E-state index in [-0.39, 0.29) is 5.03 Å². The van der Waals surface area contributed by atoms with E-state index >= 15 is 0 Å². The van der Waals surface area contributed by atoms with Crippen LogP contribution in [0.25, 0.3) is 10.6 Å². The van der Waals surface area contributed by atoms with Crippen LogP contribution in [-0.2, 0) is 10.0 Å². The van der Waals surface area contributed by atoms with Gasteiger partial charge >= 0.3 is 0 Å². The SMILES string of the molecule is Cc1cccc(-c2nc(S(N)(=O)=O)cs2)c1. The van der Waals surface area contributed by atoms with Crippen molar-refractivity contribution >= 4 is 21.4 Å². The monoisotopic (exact) mass is 254 g/mol. The van der Waals surface area contributed by atoms with Crippen molar-refractivity contribution in [3.8, 4) is 10.6 Å². The third kappa shape index (κ3) is 2.29. The summed E-state index contributed by atoms with van der Waals surface area (Å²) in [5.74, 6) is 0. The van der Waals surface area contributed by atoms with Gasteiger partial charge in [-0.3, -0.25) is 0 Å². The Bertz CT molecular complexity index is 617. The van der Waals surface area contributed by atoms with Crippen molar-refractivity contribution in [1.29, 1.82) is 0 Å². The molecule has 0 aliphatic carbocycles. The summed E-state index contributed by atoms with van der Waals surface area (Å²) in [6.07, 6.45) is 0. The van der Waals surface area contributed by atoms with Crippen molar-refractivity contribution in [2.45, 2.75) is 11.9 Å². The van der Waals surface area contributed by atoms with E-state index in [0.29, 0.717) is 5.01 Å². The lowest BCUT2D eigenvalue weighted by atomic mass is 10.1. The van der Waals surface area contributed by atoms with Gasteiger partial charge in [0.05, 0.1) is 0 Å². The molecule has 0 bridgehead atoms. The number of thiazole rings is 1. The molecule has 1 aromatic carbocycles. The minimum atomic E-state index is -3.70. The fraction of sp³-hybridized carbons (Fsp3) is 0.100. The van der Waals surface area contributed by atoms with Crippen molar-refractivity contribution in [3.05, 3.63) is 35.2 Å². The summed E-state index contributed by atoms with van der Waals surface area (Å²) >= 11 is 1.27. The van der Waals surface area contributed by atoms with Crippen LogP contribution in [0.1, 0.15) is 5.56 Å². The van der Waals surface area contributed by atoms with Crippen LogP contribution in [0.3, 0.4) is 0 Å². The topological polar surface area (TPSA) is 73.0 Å². The lowest BCUT2D eigenvalue weighted by Crippen LogP contribution is -2.12. The van der Waals surface area contributed by atoms with Gasteiger partial charge in [0.2, 0.25) is 0 Å². The molecule has 4 nitrogen and oxygen atoms in total. The van der Waals surface area contributed by atoms with Gasteiger partial charge in [-0.2, -0.15) is 0 Å². The molecular formula is C10H10N2O2S2. The Morgan fingerprint density at radius 2 is 2.12 bits per heavy atom. The molecule has 1 heterocycles. The quantitative estimate of drug-likeness (QED) is 0.887. The molecule has 1 aromatic heterocycles. The number of benzene rings is 1. The van der Waals surface area contributed by atoms with Crippen molar-refractivity contribution in [1.82, 2.24) is 4.98 Å². The van der Waals surface area contributed by atoms with E-state index in [2.05, 4.69) is 4.98 Å². The van der Waals surface area contributed by atoms with E-state index < -0.39 is 10.0 Å². The second-order valence-corrected chi connectivity index (χ2v) is 5.77.